The fourth-order valence-corrected chi connectivity index (χ4v) is 3.42. The molecule has 3 rings (SSSR count). The van der Waals surface area contributed by atoms with Gasteiger partial charge in [0.15, 0.2) is 0 Å². The van der Waals surface area contributed by atoms with Gasteiger partial charge in [0.25, 0.3) is 0 Å². The Bertz CT molecular complexity index is 797. The number of hydrogen-bond acceptors (Lipinski definition) is 2. The van der Waals surface area contributed by atoms with Crippen molar-refractivity contribution in [3.8, 4) is 0 Å². The lowest BCUT2D eigenvalue weighted by molar-refractivity contribution is -0.130. The van der Waals surface area contributed by atoms with Crippen LogP contribution in [-0.4, -0.2) is 29.8 Å². The van der Waals surface area contributed by atoms with Gasteiger partial charge in [-0.25, -0.2) is 0 Å². The van der Waals surface area contributed by atoms with E-state index in [1.165, 1.54) is 0 Å². The number of anilines is 1. The summed E-state index contributed by atoms with van der Waals surface area (Å²) in [6, 6.07) is 17.2. The molecule has 2 amide bonds. The SMILES string of the molecule is O=C(Nc1ccccc1)C1CCN(C(=O)C=Cc2ccccc2Br)CC1. The van der Waals surface area contributed by atoms with Crippen LogP contribution in [0, 0.1) is 5.92 Å². The van der Waals surface area contributed by atoms with Gasteiger partial charge in [0.05, 0.1) is 0 Å². The maximum atomic E-state index is 12.4. The van der Waals surface area contributed by atoms with E-state index in [2.05, 4.69) is 21.2 Å². The molecule has 4 nitrogen and oxygen atoms in total. The van der Waals surface area contributed by atoms with E-state index >= 15 is 0 Å². The number of hydrogen-bond donors (Lipinski definition) is 1. The summed E-state index contributed by atoms with van der Waals surface area (Å²) in [4.78, 5) is 26.5. The number of carbonyl (C=O) groups is 2. The van der Waals surface area contributed by atoms with Crippen LogP contribution < -0.4 is 5.32 Å². The second-order valence-corrected chi connectivity index (χ2v) is 7.16. The van der Waals surface area contributed by atoms with Crippen molar-refractivity contribution in [2.75, 3.05) is 18.4 Å². The maximum absolute atomic E-state index is 12.4. The average molecular weight is 413 g/mol. The van der Waals surface area contributed by atoms with Crippen LogP contribution in [0.5, 0.6) is 0 Å². The lowest BCUT2D eigenvalue weighted by atomic mass is 9.95. The van der Waals surface area contributed by atoms with Crippen LogP contribution in [0.3, 0.4) is 0 Å². The topological polar surface area (TPSA) is 49.4 Å². The summed E-state index contributed by atoms with van der Waals surface area (Å²) in [5, 5.41) is 2.95. The van der Waals surface area contributed by atoms with Crippen molar-refractivity contribution < 1.29 is 9.59 Å². The van der Waals surface area contributed by atoms with E-state index in [4.69, 9.17) is 0 Å². The molecule has 5 heteroatoms. The van der Waals surface area contributed by atoms with Crippen molar-refractivity contribution in [2.24, 2.45) is 5.92 Å². The summed E-state index contributed by atoms with van der Waals surface area (Å²) in [5.74, 6) is -0.0266. The molecule has 134 valence electrons. The Morgan fingerprint density at radius 1 is 1.00 bits per heavy atom. The van der Waals surface area contributed by atoms with Gasteiger partial charge < -0.3 is 10.2 Å². The molecule has 0 unspecified atom stereocenters. The van der Waals surface area contributed by atoms with Crippen LogP contribution in [0.25, 0.3) is 6.08 Å². The predicted molar refractivity (Wildman–Crippen MR) is 108 cm³/mol. The summed E-state index contributed by atoms with van der Waals surface area (Å²) in [6.07, 6.45) is 4.80. The molecule has 0 spiro atoms. The minimum atomic E-state index is -0.0495. The van der Waals surface area contributed by atoms with Crippen LogP contribution in [0.15, 0.2) is 65.1 Å². The molecular weight excluding hydrogens is 392 g/mol. The molecule has 0 radical (unpaired) electrons. The summed E-state index contributed by atoms with van der Waals surface area (Å²) >= 11 is 3.47. The highest BCUT2D eigenvalue weighted by Gasteiger charge is 2.26. The van der Waals surface area contributed by atoms with Gasteiger partial charge in [-0.3, -0.25) is 9.59 Å². The van der Waals surface area contributed by atoms with Crippen LogP contribution in [-0.2, 0) is 9.59 Å². The average Bonchev–Trinajstić information content (AvgIpc) is 2.68. The van der Waals surface area contributed by atoms with Crippen molar-refractivity contribution >= 4 is 39.5 Å². The molecule has 1 heterocycles. The Labute approximate surface area is 162 Å². The standard InChI is InChI=1S/C21H21BrN2O2/c22-19-9-5-4-6-16(19)10-11-20(25)24-14-12-17(13-15-24)21(26)23-18-7-2-1-3-8-18/h1-11,17H,12-15H2,(H,23,26). The molecule has 0 saturated carbocycles. The monoisotopic (exact) mass is 412 g/mol. The number of carbonyl (C=O) groups excluding carboxylic acids is 2. The maximum Gasteiger partial charge on any atom is 0.246 e. The number of halogens is 1. The van der Waals surface area contributed by atoms with Crippen LogP contribution in [0.1, 0.15) is 18.4 Å². The highest BCUT2D eigenvalue weighted by atomic mass is 79.9. The number of nitrogens with zero attached hydrogens (tertiary/aromatic N) is 1. The van der Waals surface area contributed by atoms with Gasteiger partial charge in [-0.15, -0.1) is 0 Å². The molecule has 0 atom stereocenters. The molecule has 26 heavy (non-hydrogen) atoms. The van der Waals surface area contributed by atoms with Crippen LogP contribution >= 0.6 is 15.9 Å². The normalized spacial score (nSPS) is 15.2. The number of amides is 2. The molecule has 2 aromatic rings. The third kappa shape index (κ3) is 4.82. The second kappa shape index (κ2) is 8.81. The van der Waals surface area contributed by atoms with Crippen molar-refractivity contribution in [3.63, 3.8) is 0 Å². The summed E-state index contributed by atoms with van der Waals surface area (Å²) in [6.45, 7) is 1.21. The van der Waals surface area contributed by atoms with Gasteiger partial charge >= 0.3 is 0 Å². The molecule has 0 aromatic heterocycles. The molecule has 1 saturated heterocycles. The third-order valence-corrected chi connectivity index (χ3v) is 5.25. The zero-order valence-electron chi connectivity index (χ0n) is 14.4. The molecular formula is C21H21BrN2O2. The van der Waals surface area contributed by atoms with E-state index in [0.29, 0.717) is 25.9 Å². The molecule has 1 fully saturated rings. The van der Waals surface area contributed by atoms with E-state index in [1.807, 2.05) is 60.7 Å². The van der Waals surface area contributed by atoms with Gasteiger partial charge in [-0.2, -0.15) is 0 Å². The second-order valence-electron chi connectivity index (χ2n) is 6.31. The van der Waals surface area contributed by atoms with E-state index < -0.39 is 0 Å². The molecule has 0 aliphatic carbocycles. The zero-order chi connectivity index (χ0) is 18.4. The Kier molecular flexibility index (Phi) is 6.23. The van der Waals surface area contributed by atoms with Crippen molar-refractivity contribution in [3.05, 3.63) is 70.7 Å². The Balaban J connectivity index is 1.51. The zero-order valence-corrected chi connectivity index (χ0v) is 16.0. The van der Waals surface area contributed by atoms with Gasteiger partial charge in [0, 0.05) is 35.2 Å². The van der Waals surface area contributed by atoms with Gasteiger partial charge in [0.1, 0.15) is 0 Å². The largest absolute Gasteiger partial charge is 0.339 e. The van der Waals surface area contributed by atoms with E-state index in [-0.39, 0.29) is 17.7 Å². The van der Waals surface area contributed by atoms with E-state index in [0.717, 1.165) is 15.7 Å². The predicted octanol–water partition coefficient (Wildman–Crippen LogP) is 4.34. The van der Waals surface area contributed by atoms with Gasteiger partial charge in [0.2, 0.25) is 11.8 Å². The Hall–Kier alpha value is -2.40. The quantitative estimate of drug-likeness (QED) is 0.759. The third-order valence-electron chi connectivity index (χ3n) is 4.53. The first-order chi connectivity index (χ1) is 12.6. The first-order valence-corrected chi connectivity index (χ1v) is 9.50. The Morgan fingerprint density at radius 3 is 2.35 bits per heavy atom. The first kappa shape index (κ1) is 18.4. The summed E-state index contributed by atoms with van der Waals surface area (Å²) in [7, 11) is 0. The summed E-state index contributed by atoms with van der Waals surface area (Å²) < 4.78 is 0.959. The van der Waals surface area contributed by atoms with Crippen molar-refractivity contribution in [1.29, 1.82) is 0 Å². The number of piperidine rings is 1. The van der Waals surface area contributed by atoms with Gasteiger partial charge in [-0.1, -0.05) is 52.3 Å². The number of rotatable bonds is 4. The van der Waals surface area contributed by atoms with Crippen molar-refractivity contribution in [2.45, 2.75) is 12.8 Å². The molecule has 0 bridgehead atoms. The highest BCUT2D eigenvalue weighted by molar-refractivity contribution is 9.10. The summed E-state index contributed by atoms with van der Waals surface area (Å²) in [5.41, 5.74) is 1.78. The fraction of sp³-hybridized carbons (Fsp3) is 0.238. The number of nitrogens with one attached hydrogen (secondary N) is 1. The number of benzene rings is 2. The van der Waals surface area contributed by atoms with Crippen LogP contribution in [0.4, 0.5) is 5.69 Å². The van der Waals surface area contributed by atoms with Gasteiger partial charge in [-0.05, 0) is 42.7 Å². The molecule has 1 N–H and O–H groups in total. The van der Waals surface area contributed by atoms with E-state index in [1.54, 1.807) is 11.0 Å². The number of para-hydroxylation sites is 1. The Morgan fingerprint density at radius 2 is 1.65 bits per heavy atom. The molecule has 1 aliphatic rings. The lowest BCUT2D eigenvalue weighted by Gasteiger charge is -2.30. The molecule has 2 aromatic carbocycles. The fourth-order valence-electron chi connectivity index (χ4n) is 3.00. The number of likely N-dealkylation sites (tertiary alicyclic amines) is 1. The minimum absolute atomic E-state index is 0.0114. The highest BCUT2D eigenvalue weighted by Crippen LogP contribution is 2.21. The minimum Gasteiger partial charge on any atom is -0.339 e. The van der Waals surface area contributed by atoms with Crippen molar-refractivity contribution in [1.82, 2.24) is 4.90 Å². The molecule has 1 aliphatic heterocycles. The van der Waals surface area contributed by atoms with E-state index in [9.17, 15) is 9.59 Å². The smallest absolute Gasteiger partial charge is 0.246 e. The van der Waals surface area contributed by atoms with Crippen LogP contribution in [0.2, 0.25) is 0 Å². The lowest BCUT2D eigenvalue weighted by Crippen LogP contribution is -2.40. The first-order valence-electron chi connectivity index (χ1n) is 8.71.